The highest BCUT2D eigenvalue weighted by molar-refractivity contribution is 8.00. The first kappa shape index (κ1) is 8.67. The van der Waals surface area contributed by atoms with Gasteiger partial charge >= 0.3 is 0 Å². The van der Waals surface area contributed by atoms with Crippen molar-refractivity contribution >= 4 is 11.8 Å². The highest BCUT2D eigenvalue weighted by Gasteiger charge is 2.26. The molecule has 0 spiro atoms. The first-order valence-corrected chi connectivity index (χ1v) is 5.05. The molecule has 1 aliphatic carbocycles. The van der Waals surface area contributed by atoms with Crippen LogP contribution in [0, 0.1) is 17.2 Å². The Morgan fingerprint density at radius 2 is 2.45 bits per heavy atom. The second-order valence-corrected chi connectivity index (χ2v) is 4.10. The summed E-state index contributed by atoms with van der Waals surface area (Å²) in [5.41, 5.74) is 0. The maximum absolute atomic E-state index is 8.75. The summed E-state index contributed by atoms with van der Waals surface area (Å²) in [4.78, 5) is 0. The van der Waals surface area contributed by atoms with Gasteiger partial charge in [-0.3, -0.25) is 0 Å². The van der Waals surface area contributed by atoms with Gasteiger partial charge in [0.05, 0.1) is 12.0 Å². The van der Waals surface area contributed by atoms with E-state index in [2.05, 4.69) is 12.6 Å². The van der Waals surface area contributed by atoms with E-state index in [1.807, 2.05) is 17.8 Å². The molecule has 2 heteroatoms. The van der Waals surface area contributed by atoms with E-state index in [1.54, 1.807) is 0 Å². The standard InChI is InChI=1S/C9H13NS/c1-2-6-11-9-5-3-4-8(9)7-10/h2,8-9H,1,3-6H2. The summed E-state index contributed by atoms with van der Waals surface area (Å²) >= 11 is 1.88. The van der Waals surface area contributed by atoms with E-state index in [1.165, 1.54) is 12.8 Å². The van der Waals surface area contributed by atoms with Crippen LogP contribution in [0.1, 0.15) is 19.3 Å². The van der Waals surface area contributed by atoms with Crippen molar-refractivity contribution in [3.05, 3.63) is 12.7 Å². The second-order valence-electron chi connectivity index (χ2n) is 2.83. The number of thioether (sulfide) groups is 1. The molecule has 60 valence electrons. The lowest BCUT2D eigenvalue weighted by molar-refractivity contribution is 0.715. The maximum Gasteiger partial charge on any atom is 0.0667 e. The van der Waals surface area contributed by atoms with Crippen LogP contribution in [-0.2, 0) is 0 Å². The van der Waals surface area contributed by atoms with Crippen LogP contribution in [0.3, 0.4) is 0 Å². The summed E-state index contributed by atoms with van der Waals surface area (Å²) in [5, 5.41) is 9.33. The fourth-order valence-corrected chi connectivity index (χ4v) is 2.61. The minimum absolute atomic E-state index is 0.306. The molecule has 0 radical (unpaired) electrons. The number of hydrogen-bond acceptors (Lipinski definition) is 2. The van der Waals surface area contributed by atoms with Crippen LogP contribution in [0.15, 0.2) is 12.7 Å². The second kappa shape index (κ2) is 4.46. The van der Waals surface area contributed by atoms with Crippen LogP contribution >= 0.6 is 11.8 Å². The number of hydrogen-bond donors (Lipinski definition) is 0. The minimum Gasteiger partial charge on any atom is -0.198 e. The predicted molar refractivity (Wildman–Crippen MR) is 49.4 cm³/mol. The first-order chi connectivity index (χ1) is 5.38. The van der Waals surface area contributed by atoms with E-state index >= 15 is 0 Å². The van der Waals surface area contributed by atoms with E-state index in [0.29, 0.717) is 11.2 Å². The zero-order valence-electron chi connectivity index (χ0n) is 6.62. The smallest absolute Gasteiger partial charge is 0.0667 e. The van der Waals surface area contributed by atoms with Crippen molar-refractivity contribution in [1.29, 1.82) is 5.26 Å². The van der Waals surface area contributed by atoms with Gasteiger partial charge in [0.25, 0.3) is 0 Å². The van der Waals surface area contributed by atoms with Crippen LogP contribution in [0.2, 0.25) is 0 Å². The maximum atomic E-state index is 8.75. The molecule has 0 saturated heterocycles. The van der Waals surface area contributed by atoms with Gasteiger partial charge in [-0.15, -0.1) is 6.58 Å². The van der Waals surface area contributed by atoms with Gasteiger partial charge in [-0.05, 0) is 12.8 Å². The fraction of sp³-hybridized carbons (Fsp3) is 0.667. The van der Waals surface area contributed by atoms with Gasteiger partial charge in [0.15, 0.2) is 0 Å². The number of rotatable bonds is 3. The lowest BCUT2D eigenvalue weighted by Gasteiger charge is -2.10. The lowest BCUT2D eigenvalue weighted by atomic mass is 10.1. The van der Waals surface area contributed by atoms with Gasteiger partial charge in [0.1, 0.15) is 0 Å². The molecular weight excluding hydrogens is 154 g/mol. The highest BCUT2D eigenvalue weighted by atomic mass is 32.2. The summed E-state index contributed by atoms with van der Waals surface area (Å²) in [7, 11) is 0. The van der Waals surface area contributed by atoms with Crippen molar-refractivity contribution in [2.24, 2.45) is 5.92 Å². The molecule has 1 aliphatic rings. The SMILES string of the molecule is C=CCSC1CCCC1C#N. The third-order valence-corrected chi connectivity index (χ3v) is 3.47. The average molecular weight is 167 g/mol. The molecule has 2 unspecified atom stereocenters. The van der Waals surface area contributed by atoms with Crippen molar-refractivity contribution in [3.63, 3.8) is 0 Å². The monoisotopic (exact) mass is 167 g/mol. The molecule has 0 bridgehead atoms. The summed E-state index contributed by atoms with van der Waals surface area (Å²) in [5.74, 6) is 1.29. The van der Waals surface area contributed by atoms with Crippen LogP contribution < -0.4 is 0 Å². The summed E-state index contributed by atoms with van der Waals surface area (Å²) in [6, 6.07) is 2.37. The molecule has 2 atom stereocenters. The molecular formula is C9H13NS. The molecule has 0 N–H and O–H groups in total. The van der Waals surface area contributed by atoms with Crippen molar-refractivity contribution in [2.45, 2.75) is 24.5 Å². The largest absolute Gasteiger partial charge is 0.198 e. The third kappa shape index (κ3) is 2.27. The number of nitrogens with zero attached hydrogens (tertiary/aromatic N) is 1. The summed E-state index contributed by atoms with van der Waals surface area (Å²) < 4.78 is 0. The first-order valence-electron chi connectivity index (χ1n) is 4.00. The van der Waals surface area contributed by atoms with E-state index in [0.717, 1.165) is 12.2 Å². The van der Waals surface area contributed by atoms with Gasteiger partial charge in [0.2, 0.25) is 0 Å². The van der Waals surface area contributed by atoms with Gasteiger partial charge < -0.3 is 0 Å². The molecule has 1 fully saturated rings. The van der Waals surface area contributed by atoms with Crippen molar-refractivity contribution < 1.29 is 0 Å². The minimum atomic E-state index is 0.306. The molecule has 0 aromatic rings. The molecule has 11 heavy (non-hydrogen) atoms. The molecule has 0 aliphatic heterocycles. The van der Waals surface area contributed by atoms with Crippen LogP contribution in [-0.4, -0.2) is 11.0 Å². The summed E-state index contributed by atoms with van der Waals surface area (Å²) in [6.45, 7) is 3.67. The molecule has 0 amide bonds. The van der Waals surface area contributed by atoms with Gasteiger partial charge in [0, 0.05) is 11.0 Å². The molecule has 0 heterocycles. The zero-order chi connectivity index (χ0) is 8.10. The molecule has 0 aromatic carbocycles. The molecule has 1 nitrogen and oxygen atoms in total. The lowest BCUT2D eigenvalue weighted by Crippen LogP contribution is -2.07. The van der Waals surface area contributed by atoms with Crippen LogP contribution in [0.5, 0.6) is 0 Å². The normalized spacial score (nSPS) is 29.7. The fourth-order valence-electron chi connectivity index (χ4n) is 1.46. The Hall–Kier alpha value is -0.420. The number of nitriles is 1. The molecule has 1 rings (SSSR count). The van der Waals surface area contributed by atoms with Crippen LogP contribution in [0.4, 0.5) is 0 Å². The van der Waals surface area contributed by atoms with Gasteiger partial charge in [-0.2, -0.15) is 17.0 Å². The van der Waals surface area contributed by atoms with E-state index < -0.39 is 0 Å². The predicted octanol–water partition coefficient (Wildman–Crippen LogP) is 2.60. The Morgan fingerprint density at radius 3 is 3.09 bits per heavy atom. The quantitative estimate of drug-likeness (QED) is 0.603. The van der Waals surface area contributed by atoms with E-state index in [9.17, 15) is 0 Å². The molecule has 0 aromatic heterocycles. The van der Waals surface area contributed by atoms with Crippen molar-refractivity contribution in [1.82, 2.24) is 0 Å². The van der Waals surface area contributed by atoms with Gasteiger partial charge in [-0.25, -0.2) is 0 Å². The van der Waals surface area contributed by atoms with Crippen LogP contribution in [0.25, 0.3) is 0 Å². The Labute approximate surface area is 72.5 Å². The summed E-state index contributed by atoms with van der Waals surface area (Å²) in [6.07, 6.45) is 5.46. The Balaban J connectivity index is 2.32. The average Bonchev–Trinajstić information content (AvgIpc) is 2.47. The Kier molecular flexibility index (Phi) is 3.51. The van der Waals surface area contributed by atoms with Gasteiger partial charge in [-0.1, -0.05) is 12.5 Å². The third-order valence-electron chi connectivity index (χ3n) is 2.05. The Morgan fingerprint density at radius 1 is 1.64 bits per heavy atom. The van der Waals surface area contributed by atoms with E-state index in [-0.39, 0.29) is 0 Å². The van der Waals surface area contributed by atoms with E-state index in [4.69, 9.17) is 5.26 Å². The molecule has 1 saturated carbocycles. The topological polar surface area (TPSA) is 23.8 Å². The van der Waals surface area contributed by atoms with Crippen molar-refractivity contribution in [3.8, 4) is 6.07 Å². The highest BCUT2D eigenvalue weighted by Crippen LogP contribution is 2.34. The van der Waals surface area contributed by atoms with Crippen molar-refractivity contribution in [2.75, 3.05) is 5.75 Å². The zero-order valence-corrected chi connectivity index (χ0v) is 7.44. The Bertz CT molecular complexity index is 171.